The van der Waals surface area contributed by atoms with Crippen LogP contribution in [-0.4, -0.2) is 13.1 Å². The molecule has 0 spiro atoms. The maximum absolute atomic E-state index is 3.59. The molecule has 0 aromatic heterocycles. The Hall–Kier alpha value is -0.860. The molecule has 0 atom stereocenters. The molecule has 1 aliphatic heterocycles. The van der Waals surface area contributed by atoms with Crippen LogP contribution in [0.5, 0.6) is 0 Å². The molecule has 2 nitrogen and oxygen atoms in total. The van der Waals surface area contributed by atoms with Crippen LogP contribution in [-0.2, 0) is 19.5 Å². The predicted molar refractivity (Wildman–Crippen MR) is 70.9 cm³/mol. The van der Waals surface area contributed by atoms with Gasteiger partial charge in [0.15, 0.2) is 0 Å². The van der Waals surface area contributed by atoms with Gasteiger partial charge in [-0.25, -0.2) is 0 Å². The molecule has 2 aliphatic rings. The molecule has 0 bridgehead atoms. The molecule has 1 heterocycles. The van der Waals surface area contributed by atoms with E-state index < -0.39 is 0 Å². The molecule has 2 N–H and O–H groups in total. The van der Waals surface area contributed by atoms with Crippen LogP contribution in [0, 0.1) is 5.41 Å². The molecule has 0 radical (unpaired) electrons. The standard InChI is InChI=1S/C15H22N2/c1-15(5-6-15)11-17-9-12-2-3-13-4-7-16-10-14(13)8-12/h2-3,8,16-17H,4-7,9-11H2,1H3. The minimum atomic E-state index is 0.607. The van der Waals surface area contributed by atoms with E-state index in [-0.39, 0.29) is 0 Å². The Morgan fingerprint density at radius 1 is 1.29 bits per heavy atom. The molecule has 0 unspecified atom stereocenters. The second kappa shape index (κ2) is 4.43. The summed E-state index contributed by atoms with van der Waals surface area (Å²) in [5, 5.41) is 7.03. The van der Waals surface area contributed by atoms with Crippen LogP contribution in [0.3, 0.4) is 0 Å². The zero-order chi connectivity index (χ0) is 11.7. The van der Waals surface area contributed by atoms with Gasteiger partial charge in [0.25, 0.3) is 0 Å². The van der Waals surface area contributed by atoms with E-state index in [4.69, 9.17) is 0 Å². The Morgan fingerprint density at radius 2 is 2.18 bits per heavy atom. The third kappa shape index (κ3) is 2.70. The number of hydrogen-bond acceptors (Lipinski definition) is 2. The zero-order valence-corrected chi connectivity index (χ0v) is 10.7. The van der Waals surface area contributed by atoms with Gasteiger partial charge in [0, 0.05) is 19.6 Å². The first-order valence-electron chi connectivity index (χ1n) is 6.77. The van der Waals surface area contributed by atoms with Crippen LogP contribution in [0.15, 0.2) is 18.2 Å². The van der Waals surface area contributed by atoms with Crippen molar-refractivity contribution in [3.8, 4) is 0 Å². The van der Waals surface area contributed by atoms with Crippen molar-refractivity contribution >= 4 is 0 Å². The molecule has 1 aliphatic carbocycles. The van der Waals surface area contributed by atoms with E-state index >= 15 is 0 Å². The van der Waals surface area contributed by atoms with Crippen molar-refractivity contribution in [3.05, 3.63) is 34.9 Å². The lowest BCUT2D eigenvalue weighted by Gasteiger charge is -2.18. The number of benzene rings is 1. The third-order valence-corrected chi connectivity index (χ3v) is 4.14. The van der Waals surface area contributed by atoms with Crippen LogP contribution in [0.4, 0.5) is 0 Å². The van der Waals surface area contributed by atoms with Gasteiger partial charge in [-0.1, -0.05) is 25.1 Å². The van der Waals surface area contributed by atoms with Gasteiger partial charge in [0.05, 0.1) is 0 Å². The van der Waals surface area contributed by atoms with E-state index in [1.807, 2.05) is 0 Å². The van der Waals surface area contributed by atoms with Crippen molar-refractivity contribution in [1.29, 1.82) is 0 Å². The first kappa shape index (κ1) is 11.2. The molecule has 1 aromatic rings. The highest BCUT2D eigenvalue weighted by atomic mass is 14.9. The van der Waals surface area contributed by atoms with Crippen molar-refractivity contribution in [2.24, 2.45) is 5.41 Å². The summed E-state index contributed by atoms with van der Waals surface area (Å²) in [5.41, 5.74) is 5.06. The van der Waals surface area contributed by atoms with Crippen LogP contribution >= 0.6 is 0 Å². The fraction of sp³-hybridized carbons (Fsp3) is 0.600. The molecule has 1 saturated carbocycles. The summed E-state index contributed by atoms with van der Waals surface area (Å²) in [5.74, 6) is 0. The highest BCUT2D eigenvalue weighted by Crippen LogP contribution is 2.44. The molecular weight excluding hydrogens is 208 g/mol. The van der Waals surface area contributed by atoms with Crippen molar-refractivity contribution in [3.63, 3.8) is 0 Å². The molecule has 0 saturated heterocycles. The zero-order valence-electron chi connectivity index (χ0n) is 10.7. The van der Waals surface area contributed by atoms with Crippen LogP contribution < -0.4 is 10.6 Å². The SMILES string of the molecule is CC1(CNCc2ccc3c(c2)CNCC3)CC1. The highest BCUT2D eigenvalue weighted by Gasteiger charge is 2.36. The van der Waals surface area contributed by atoms with Crippen molar-refractivity contribution in [1.82, 2.24) is 10.6 Å². The molecule has 17 heavy (non-hydrogen) atoms. The lowest BCUT2D eigenvalue weighted by atomic mass is 9.98. The maximum Gasteiger partial charge on any atom is 0.0208 e. The Balaban J connectivity index is 1.59. The van der Waals surface area contributed by atoms with Crippen LogP contribution in [0.2, 0.25) is 0 Å². The average Bonchev–Trinajstić information content (AvgIpc) is 3.07. The predicted octanol–water partition coefficient (Wildman–Crippen LogP) is 2.22. The van der Waals surface area contributed by atoms with Crippen molar-refractivity contribution in [2.75, 3.05) is 13.1 Å². The second-order valence-electron chi connectivity index (χ2n) is 5.94. The van der Waals surface area contributed by atoms with E-state index in [9.17, 15) is 0 Å². The normalized spacial score (nSPS) is 21.0. The van der Waals surface area contributed by atoms with Gasteiger partial charge >= 0.3 is 0 Å². The van der Waals surface area contributed by atoms with Gasteiger partial charge < -0.3 is 10.6 Å². The fourth-order valence-corrected chi connectivity index (χ4v) is 2.54. The van der Waals surface area contributed by atoms with Gasteiger partial charge in [-0.15, -0.1) is 0 Å². The van der Waals surface area contributed by atoms with E-state index in [0.717, 1.165) is 19.6 Å². The molecule has 1 fully saturated rings. The van der Waals surface area contributed by atoms with Gasteiger partial charge in [-0.05, 0) is 47.9 Å². The van der Waals surface area contributed by atoms with Gasteiger partial charge in [-0.3, -0.25) is 0 Å². The van der Waals surface area contributed by atoms with E-state index in [0.29, 0.717) is 5.41 Å². The third-order valence-electron chi connectivity index (χ3n) is 4.14. The largest absolute Gasteiger partial charge is 0.312 e. The summed E-state index contributed by atoms with van der Waals surface area (Å²) >= 11 is 0. The molecular formula is C15H22N2. The first-order valence-corrected chi connectivity index (χ1v) is 6.77. The first-order chi connectivity index (χ1) is 8.25. The summed E-state index contributed by atoms with van der Waals surface area (Å²) < 4.78 is 0. The minimum absolute atomic E-state index is 0.607. The Kier molecular flexibility index (Phi) is 2.93. The van der Waals surface area contributed by atoms with Gasteiger partial charge in [-0.2, -0.15) is 0 Å². The highest BCUT2D eigenvalue weighted by molar-refractivity contribution is 5.33. The molecule has 1 aromatic carbocycles. The maximum atomic E-state index is 3.59. The topological polar surface area (TPSA) is 24.1 Å². The quantitative estimate of drug-likeness (QED) is 0.829. The van der Waals surface area contributed by atoms with Crippen LogP contribution in [0.25, 0.3) is 0 Å². The average molecular weight is 230 g/mol. The van der Waals surface area contributed by atoms with Gasteiger partial charge in [0.1, 0.15) is 0 Å². The smallest absolute Gasteiger partial charge is 0.0208 e. The number of hydrogen-bond donors (Lipinski definition) is 2. The van der Waals surface area contributed by atoms with E-state index in [1.165, 1.54) is 42.5 Å². The monoisotopic (exact) mass is 230 g/mol. The van der Waals surface area contributed by atoms with Crippen LogP contribution in [0.1, 0.15) is 36.5 Å². The number of nitrogens with one attached hydrogen (secondary N) is 2. The summed E-state index contributed by atoms with van der Waals surface area (Å²) in [7, 11) is 0. The molecule has 0 amide bonds. The Bertz CT molecular complexity index is 407. The number of fused-ring (bicyclic) bond motifs is 1. The van der Waals surface area contributed by atoms with E-state index in [1.54, 1.807) is 0 Å². The summed E-state index contributed by atoms with van der Waals surface area (Å²) in [4.78, 5) is 0. The Labute approximate surface area is 104 Å². The van der Waals surface area contributed by atoms with Crippen molar-refractivity contribution < 1.29 is 0 Å². The lowest BCUT2D eigenvalue weighted by molar-refractivity contribution is 0.499. The Morgan fingerprint density at radius 3 is 3.00 bits per heavy atom. The lowest BCUT2D eigenvalue weighted by Crippen LogP contribution is -2.24. The van der Waals surface area contributed by atoms with Crippen molar-refractivity contribution in [2.45, 2.75) is 39.3 Å². The molecule has 2 heteroatoms. The summed E-state index contributed by atoms with van der Waals surface area (Å²) in [6.45, 7) is 6.73. The molecule has 3 rings (SSSR count). The minimum Gasteiger partial charge on any atom is -0.312 e. The number of rotatable bonds is 4. The molecule has 92 valence electrons. The van der Waals surface area contributed by atoms with Gasteiger partial charge in [0.2, 0.25) is 0 Å². The second-order valence-corrected chi connectivity index (χ2v) is 5.94. The summed E-state index contributed by atoms with van der Waals surface area (Å²) in [6, 6.07) is 6.96. The van der Waals surface area contributed by atoms with E-state index in [2.05, 4.69) is 35.8 Å². The summed E-state index contributed by atoms with van der Waals surface area (Å²) in [6.07, 6.45) is 3.98. The fourth-order valence-electron chi connectivity index (χ4n) is 2.54.